The minimum Gasteiger partial charge on any atom is -0.381 e. The molecule has 0 radical (unpaired) electrons. The van der Waals surface area contributed by atoms with Crippen LogP contribution in [-0.2, 0) is 17.6 Å². The first kappa shape index (κ1) is 12.2. The van der Waals surface area contributed by atoms with Crippen LogP contribution in [0.1, 0.15) is 24.5 Å². The van der Waals surface area contributed by atoms with Gasteiger partial charge < -0.3 is 10.5 Å². The summed E-state index contributed by atoms with van der Waals surface area (Å²) in [5.41, 5.74) is 8.33. The maximum atomic E-state index is 5.53. The standard InChI is InChI=1S/C13H21NO/c1-11(15-2)10-13-7-4-3-6-12(13)8-5-9-14/h3-4,6-7,11H,5,8-10,14H2,1-2H3. The third-order valence-electron chi connectivity index (χ3n) is 2.68. The van der Waals surface area contributed by atoms with E-state index < -0.39 is 0 Å². The fraction of sp³-hybridized carbons (Fsp3) is 0.538. The van der Waals surface area contributed by atoms with Crippen LogP contribution >= 0.6 is 0 Å². The lowest BCUT2D eigenvalue weighted by atomic mass is 9.98. The van der Waals surface area contributed by atoms with E-state index >= 15 is 0 Å². The third-order valence-corrected chi connectivity index (χ3v) is 2.68. The first-order valence-electron chi connectivity index (χ1n) is 5.57. The van der Waals surface area contributed by atoms with Crippen molar-refractivity contribution in [2.24, 2.45) is 5.73 Å². The average molecular weight is 207 g/mol. The van der Waals surface area contributed by atoms with E-state index in [0.29, 0.717) is 0 Å². The van der Waals surface area contributed by atoms with Crippen LogP contribution in [0.15, 0.2) is 24.3 Å². The highest BCUT2D eigenvalue weighted by molar-refractivity contribution is 5.27. The van der Waals surface area contributed by atoms with E-state index in [1.54, 1.807) is 7.11 Å². The molecule has 1 aromatic rings. The van der Waals surface area contributed by atoms with Crippen LogP contribution < -0.4 is 5.73 Å². The van der Waals surface area contributed by atoms with Crippen molar-refractivity contribution in [3.05, 3.63) is 35.4 Å². The highest BCUT2D eigenvalue weighted by Crippen LogP contribution is 2.13. The van der Waals surface area contributed by atoms with Gasteiger partial charge in [0.25, 0.3) is 0 Å². The van der Waals surface area contributed by atoms with Crippen LogP contribution in [0.5, 0.6) is 0 Å². The Kier molecular flexibility index (Phi) is 5.37. The lowest BCUT2D eigenvalue weighted by Gasteiger charge is -2.13. The predicted molar refractivity (Wildman–Crippen MR) is 64.0 cm³/mol. The van der Waals surface area contributed by atoms with Crippen LogP contribution in [0, 0.1) is 0 Å². The van der Waals surface area contributed by atoms with Crippen molar-refractivity contribution >= 4 is 0 Å². The molecule has 1 unspecified atom stereocenters. The molecule has 0 bridgehead atoms. The number of aryl methyl sites for hydroxylation is 1. The number of rotatable bonds is 6. The number of hydrogen-bond donors (Lipinski definition) is 1. The Morgan fingerprint density at radius 3 is 2.53 bits per heavy atom. The molecular weight excluding hydrogens is 186 g/mol. The Balaban J connectivity index is 2.67. The van der Waals surface area contributed by atoms with Gasteiger partial charge in [-0.3, -0.25) is 0 Å². The van der Waals surface area contributed by atoms with Gasteiger partial charge in [0.2, 0.25) is 0 Å². The zero-order valence-corrected chi connectivity index (χ0v) is 9.70. The molecule has 0 fully saturated rings. The minimum absolute atomic E-state index is 0.282. The second kappa shape index (κ2) is 6.59. The molecule has 2 nitrogen and oxygen atoms in total. The van der Waals surface area contributed by atoms with Gasteiger partial charge in [0.05, 0.1) is 6.10 Å². The summed E-state index contributed by atoms with van der Waals surface area (Å²) in [5.74, 6) is 0. The SMILES string of the molecule is COC(C)Cc1ccccc1CCCN. The summed E-state index contributed by atoms with van der Waals surface area (Å²) in [6.07, 6.45) is 3.39. The maximum Gasteiger partial charge on any atom is 0.0583 e. The van der Waals surface area contributed by atoms with Gasteiger partial charge in [0, 0.05) is 7.11 Å². The summed E-state index contributed by atoms with van der Waals surface area (Å²) in [6.45, 7) is 2.86. The lowest BCUT2D eigenvalue weighted by Crippen LogP contribution is -2.11. The largest absolute Gasteiger partial charge is 0.381 e. The normalized spacial score (nSPS) is 12.7. The second-order valence-electron chi connectivity index (χ2n) is 3.91. The Hall–Kier alpha value is -0.860. The smallest absolute Gasteiger partial charge is 0.0583 e. The zero-order valence-electron chi connectivity index (χ0n) is 9.70. The molecule has 15 heavy (non-hydrogen) atoms. The maximum absolute atomic E-state index is 5.53. The molecule has 0 saturated heterocycles. The molecule has 0 aliphatic rings. The average Bonchev–Trinajstić information content (AvgIpc) is 2.28. The molecule has 1 aromatic carbocycles. The molecule has 0 aromatic heterocycles. The molecule has 1 rings (SSSR count). The first-order chi connectivity index (χ1) is 7.27. The van der Waals surface area contributed by atoms with Gasteiger partial charge in [-0.1, -0.05) is 24.3 Å². The number of hydrogen-bond acceptors (Lipinski definition) is 2. The van der Waals surface area contributed by atoms with Gasteiger partial charge in [-0.2, -0.15) is 0 Å². The summed E-state index contributed by atoms with van der Waals surface area (Å²) in [4.78, 5) is 0. The molecule has 84 valence electrons. The molecule has 1 atom stereocenters. The van der Waals surface area contributed by atoms with E-state index in [1.807, 2.05) is 0 Å². The van der Waals surface area contributed by atoms with Crippen molar-refractivity contribution in [1.82, 2.24) is 0 Å². The van der Waals surface area contributed by atoms with Crippen LogP contribution in [0.2, 0.25) is 0 Å². The molecule has 2 heteroatoms. The van der Waals surface area contributed by atoms with Crippen molar-refractivity contribution in [2.45, 2.75) is 32.3 Å². The molecule has 0 saturated carbocycles. The Bertz CT molecular complexity index is 286. The lowest BCUT2D eigenvalue weighted by molar-refractivity contribution is 0.118. The molecule has 0 aliphatic heterocycles. The number of methoxy groups -OCH3 is 1. The molecule has 0 spiro atoms. The van der Waals surface area contributed by atoms with E-state index in [-0.39, 0.29) is 6.10 Å². The predicted octanol–water partition coefficient (Wildman–Crippen LogP) is 2.16. The van der Waals surface area contributed by atoms with E-state index in [1.165, 1.54) is 11.1 Å². The molecule has 2 N–H and O–H groups in total. The number of ether oxygens (including phenoxy) is 1. The third kappa shape index (κ3) is 4.02. The fourth-order valence-corrected chi connectivity index (χ4v) is 1.69. The summed E-state index contributed by atoms with van der Waals surface area (Å²) in [5, 5.41) is 0. The van der Waals surface area contributed by atoms with Crippen molar-refractivity contribution < 1.29 is 4.74 Å². The summed E-state index contributed by atoms with van der Waals surface area (Å²) >= 11 is 0. The van der Waals surface area contributed by atoms with Crippen molar-refractivity contribution in [3.63, 3.8) is 0 Å². The molecular formula is C13H21NO. The van der Waals surface area contributed by atoms with Gasteiger partial charge in [-0.15, -0.1) is 0 Å². The van der Waals surface area contributed by atoms with E-state index in [2.05, 4.69) is 31.2 Å². The van der Waals surface area contributed by atoms with Crippen molar-refractivity contribution in [2.75, 3.05) is 13.7 Å². The summed E-state index contributed by atoms with van der Waals surface area (Å²) < 4.78 is 5.29. The van der Waals surface area contributed by atoms with Crippen LogP contribution in [0.25, 0.3) is 0 Å². The van der Waals surface area contributed by atoms with Gasteiger partial charge in [-0.25, -0.2) is 0 Å². The van der Waals surface area contributed by atoms with Gasteiger partial charge >= 0.3 is 0 Å². The van der Waals surface area contributed by atoms with Crippen LogP contribution in [0.4, 0.5) is 0 Å². The van der Waals surface area contributed by atoms with Crippen LogP contribution in [-0.4, -0.2) is 19.8 Å². The fourth-order valence-electron chi connectivity index (χ4n) is 1.69. The second-order valence-corrected chi connectivity index (χ2v) is 3.91. The van der Waals surface area contributed by atoms with Crippen molar-refractivity contribution in [1.29, 1.82) is 0 Å². The number of benzene rings is 1. The van der Waals surface area contributed by atoms with E-state index in [4.69, 9.17) is 10.5 Å². The van der Waals surface area contributed by atoms with Gasteiger partial charge in [0.1, 0.15) is 0 Å². The topological polar surface area (TPSA) is 35.2 Å². The summed E-state index contributed by atoms with van der Waals surface area (Å²) in [6, 6.07) is 8.55. The van der Waals surface area contributed by atoms with E-state index in [9.17, 15) is 0 Å². The Morgan fingerprint density at radius 2 is 1.93 bits per heavy atom. The highest BCUT2D eigenvalue weighted by atomic mass is 16.5. The Labute approximate surface area is 92.4 Å². The minimum atomic E-state index is 0.282. The Morgan fingerprint density at radius 1 is 1.27 bits per heavy atom. The quantitative estimate of drug-likeness (QED) is 0.775. The highest BCUT2D eigenvalue weighted by Gasteiger charge is 2.05. The van der Waals surface area contributed by atoms with Crippen molar-refractivity contribution in [3.8, 4) is 0 Å². The molecule has 0 aliphatic carbocycles. The van der Waals surface area contributed by atoms with Gasteiger partial charge in [-0.05, 0) is 43.9 Å². The zero-order chi connectivity index (χ0) is 11.1. The molecule has 0 heterocycles. The van der Waals surface area contributed by atoms with Gasteiger partial charge in [0.15, 0.2) is 0 Å². The molecule has 0 amide bonds. The monoisotopic (exact) mass is 207 g/mol. The number of nitrogens with two attached hydrogens (primary N) is 1. The van der Waals surface area contributed by atoms with Crippen LogP contribution in [0.3, 0.4) is 0 Å². The van der Waals surface area contributed by atoms with E-state index in [0.717, 1.165) is 25.8 Å². The first-order valence-corrected chi connectivity index (χ1v) is 5.57. The summed E-state index contributed by atoms with van der Waals surface area (Å²) in [7, 11) is 1.76.